The van der Waals surface area contributed by atoms with Crippen LogP contribution in [0.3, 0.4) is 0 Å². The minimum Gasteiger partial charge on any atom is -0.488 e. The maximum atomic E-state index is 14.4. The number of hydrogen-bond acceptors (Lipinski definition) is 1. The summed E-state index contributed by atoms with van der Waals surface area (Å²) >= 11 is 0. The van der Waals surface area contributed by atoms with Crippen LogP contribution in [0.15, 0.2) is 42.5 Å². The molecule has 2 heteroatoms. The highest BCUT2D eigenvalue weighted by molar-refractivity contribution is 5.65. The normalized spacial score (nSPS) is 12.3. The van der Waals surface area contributed by atoms with Crippen LogP contribution in [0, 0.1) is 5.82 Å². The largest absolute Gasteiger partial charge is 0.488 e. The zero-order valence-corrected chi connectivity index (χ0v) is 14.3. The lowest BCUT2D eigenvalue weighted by atomic mass is 9.86. The molecule has 1 nitrogen and oxygen atoms in total. The van der Waals surface area contributed by atoms with Crippen LogP contribution >= 0.6 is 0 Å². The molecule has 0 atom stereocenters. The molecule has 0 aliphatic rings. The maximum absolute atomic E-state index is 14.4. The van der Waals surface area contributed by atoms with Crippen molar-refractivity contribution in [3.05, 3.63) is 53.8 Å². The molecule has 0 heterocycles. The summed E-state index contributed by atoms with van der Waals surface area (Å²) in [5, 5.41) is 0. The Morgan fingerprint density at radius 3 is 1.86 bits per heavy atom. The third-order valence-electron chi connectivity index (χ3n) is 3.42. The standard InChI is InChI=1S/C20H25FO/c1-19(2,3)15-9-12-17(18(21)13-15)14-7-10-16(11-8-14)22-20(4,5)6/h7-13H,1-6H3. The topological polar surface area (TPSA) is 9.23 Å². The molecule has 0 N–H and O–H groups in total. The first-order valence-corrected chi connectivity index (χ1v) is 7.66. The van der Waals surface area contributed by atoms with E-state index in [4.69, 9.17) is 4.74 Å². The maximum Gasteiger partial charge on any atom is 0.131 e. The Labute approximate surface area is 133 Å². The molecule has 2 aromatic rings. The van der Waals surface area contributed by atoms with E-state index in [-0.39, 0.29) is 16.8 Å². The van der Waals surface area contributed by atoms with Gasteiger partial charge in [-0.2, -0.15) is 0 Å². The third-order valence-corrected chi connectivity index (χ3v) is 3.42. The highest BCUT2D eigenvalue weighted by atomic mass is 19.1. The van der Waals surface area contributed by atoms with Crippen LogP contribution in [-0.4, -0.2) is 5.60 Å². The second-order valence-corrected chi connectivity index (χ2v) is 7.68. The molecule has 0 amide bonds. The molecular weight excluding hydrogens is 275 g/mol. The molecule has 0 aliphatic carbocycles. The summed E-state index contributed by atoms with van der Waals surface area (Å²) in [5.74, 6) is 0.611. The van der Waals surface area contributed by atoms with Gasteiger partial charge in [0.15, 0.2) is 0 Å². The van der Waals surface area contributed by atoms with Gasteiger partial charge in [0.25, 0.3) is 0 Å². The van der Waals surface area contributed by atoms with Gasteiger partial charge in [0.05, 0.1) is 0 Å². The van der Waals surface area contributed by atoms with Crippen molar-refractivity contribution in [2.45, 2.75) is 52.6 Å². The molecule has 0 radical (unpaired) electrons. The monoisotopic (exact) mass is 300 g/mol. The summed E-state index contributed by atoms with van der Waals surface area (Å²) in [6.45, 7) is 12.3. The van der Waals surface area contributed by atoms with E-state index >= 15 is 0 Å². The molecular formula is C20H25FO. The van der Waals surface area contributed by atoms with Gasteiger partial charge in [0, 0.05) is 5.56 Å². The highest BCUT2D eigenvalue weighted by Gasteiger charge is 2.16. The molecule has 0 bridgehead atoms. The summed E-state index contributed by atoms with van der Waals surface area (Å²) in [7, 11) is 0. The highest BCUT2D eigenvalue weighted by Crippen LogP contribution is 2.30. The molecule has 0 saturated carbocycles. The Hall–Kier alpha value is -1.83. The van der Waals surface area contributed by atoms with E-state index in [1.807, 2.05) is 57.2 Å². The predicted molar refractivity (Wildman–Crippen MR) is 90.9 cm³/mol. The van der Waals surface area contributed by atoms with Crippen LogP contribution < -0.4 is 4.74 Å². The number of benzene rings is 2. The first-order valence-electron chi connectivity index (χ1n) is 7.66. The molecule has 0 spiro atoms. The molecule has 0 aromatic heterocycles. The Balaban J connectivity index is 2.29. The van der Waals surface area contributed by atoms with Gasteiger partial charge in [-0.05, 0) is 55.5 Å². The first-order chi connectivity index (χ1) is 10.1. The van der Waals surface area contributed by atoms with Gasteiger partial charge < -0.3 is 4.74 Å². The summed E-state index contributed by atoms with van der Waals surface area (Å²) in [6.07, 6.45) is 0. The molecule has 22 heavy (non-hydrogen) atoms. The molecule has 0 fully saturated rings. The predicted octanol–water partition coefficient (Wildman–Crippen LogP) is 5.97. The van der Waals surface area contributed by atoms with E-state index in [1.165, 1.54) is 0 Å². The van der Waals surface area contributed by atoms with E-state index in [0.717, 1.165) is 16.9 Å². The molecule has 2 aromatic carbocycles. The lowest BCUT2D eigenvalue weighted by Gasteiger charge is -2.21. The second kappa shape index (κ2) is 5.75. The minimum atomic E-state index is -0.235. The Morgan fingerprint density at radius 1 is 0.818 bits per heavy atom. The quantitative estimate of drug-likeness (QED) is 0.664. The Bertz CT molecular complexity index is 643. The van der Waals surface area contributed by atoms with Crippen LogP contribution in [-0.2, 0) is 5.41 Å². The van der Waals surface area contributed by atoms with E-state index < -0.39 is 0 Å². The van der Waals surface area contributed by atoms with Crippen LogP contribution in [0.5, 0.6) is 5.75 Å². The summed E-state index contributed by atoms with van der Waals surface area (Å²) in [6, 6.07) is 13.1. The van der Waals surface area contributed by atoms with Gasteiger partial charge in [-0.25, -0.2) is 4.39 Å². The third kappa shape index (κ3) is 4.09. The van der Waals surface area contributed by atoms with Crippen molar-refractivity contribution in [3.63, 3.8) is 0 Å². The smallest absolute Gasteiger partial charge is 0.131 e. The summed E-state index contributed by atoms with van der Waals surface area (Å²) in [4.78, 5) is 0. The van der Waals surface area contributed by atoms with Gasteiger partial charge in [0.2, 0.25) is 0 Å². The van der Waals surface area contributed by atoms with E-state index in [2.05, 4.69) is 20.8 Å². The fraction of sp³-hybridized carbons (Fsp3) is 0.400. The van der Waals surface area contributed by atoms with Gasteiger partial charge >= 0.3 is 0 Å². The number of hydrogen-bond donors (Lipinski definition) is 0. The van der Waals surface area contributed by atoms with E-state index in [0.29, 0.717) is 5.56 Å². The SMILES string of the molecule is CC(C)(C)Oc1ccc(-c2ccc(C(C)(C)C)cc2F)cc1. The van der Waals surface area contributed by atoms with Crippen LogP contribution in [0.1, 0.15) is 47.1 Å². The molecule has 0 aliphatic heterocycles. The molecule has 0 unspecified atom stereocenters. The van der Waals surface area contributed by atoms with Crippen LogP contribution in [0.25, 0.3) is 11.1 Å². The van der Waals surface area contributed by atoms with Crippen molar-refractivity contribution in [3.8, 4) is 16.9 Å². The van der Waals surface area contributed by atoms with Crippen molar-refractivity contribution in [2.75, 3.05) is 0 Å². The fourth-order valence-electron chi connectivity index (χ4n) is 2.27. The second-order valence-electron chi connectivity index (χ2n) is 7.68. The van der Waals surface area contributed by atoms with Crippen LogP contribution in [0.2, 0.25) is 0 Å². The lowest BCUT2D eigenvalue weighted by molar-refractivity contribution is 0.131. The van der Waals surface area contributed by atoms with Crippen molar-refractivity contribution < 1.29 is 9.13 Å². The number of halogens is 1. The zero-order chi connectivity index (χ0) is 16.5. The van der Waals surface area contributed by atoms with E-state index in [9.17, 15) is 4.39 Å². The van der Waals surface area contributed by atoms with E-state index in [1.54, 1.807) is 6.07 Å². The Kier molecular flexibility index (Phi) is 4.32. The van der Waals surface area contributed by atoms with Gasteiger partial charge in [-0.15, -0.1) is 0 Å². The fourth-order valence-corrected chi connectivity index (χ4v) is 2.27. The van der Waals surface area contributed by atoms with Crippen molar-refractivity contribution in [2.24, 2.45) is 0 Å². The average molecular weight is 300 g/mol. The van der Waals surface area contributed by atoms with Crippen molar-refractivity contribution in [1.82, 2.24) is 0 Å². The van der Waals surface area contributed by atoms with Gasteiger partial charge in [-0.3, -0.25) is 0 Å². The summed E-state index contributed by atoms with van der Waals surface area (Å²) < 4.78 is 20.2. The average Bonchev–Trinajstić information content (AvgIpc) is 2.37. The van der Waals surface area contributed by atoms with Crippen molar-refractivity contribution in [1.29, 1.82) is 0 Å². The zero-order valence-electron chi connectivity index (χ0n) is 14.3. The minimum absolute atomic E-state index is 0.0518. The number of ether oxygens (including phenoxy) is 1. The lowest BCUT2D eigenvalue weighted by Crippen LogP contribution is -2.22. The van der Waals surface area contributed by atoms with Crippen molar-refractivity contribution >= 4 is 0 Å². The number of rotatable bonds is 2. The first kappa shape index (κ1) is 16.5. The Morgan fingerprint density at radius 2 is 1.41 bits per heavy atom. The molecule has 0 saturated heterocycles. The molecule has 118 valence electrons. The van der Waals surface area contributed by atoms with Crippen LogP contribution in [0.4, 0.5) is 4.39 Å². The van der Waals surface area contributed by atoms with Gasteiger partial charge in [-0.1, -0.05) is 45.0 Å². The van der Waals surface area contributed by atoms with Gasteiger partial charge in [0.1, 0.15) is 17.2 Å². The summed E-state index contributed by atoms with van der Waals surface area (Å²) in [5.41, 5.74) is 2.20. The molecule has 2 rings (SSSR count).